The van der Waals surface area contributed by atoms with Crippen molar-refractivity contribution in [3.8, 4) is 0 Å². The van der Waals surface area contributed by atoms with Crippen LogP contribution in [-0.2, 0) is 4.79 Å². The summed E-state index contributed by atoms with van der Waals surface area (Å²) in [5, 5.41) is 0. The topological polar surface area (TPSA) is 54.5 Å². The Morgan fingerprint density at radius 2 is 1.65 bits per heavy atom. The highest BCUT2D eigenvalue weighted by molar-refractivity contribution is 6.34. The third kappa shape index (κ3) is 1.78. The van der Waals surface area contributed by atoms with Crippen molar-refractivity contribution in [2.45, 2.75) is 0 Å². The first kappa shape index (κ1) is 11.3. The lowest BCUT2D eigenvalue weighted by Gasteiger charge is -2.17. The first-order valence-corrected chi connectivity index (χ1v) is 5.14. The zero-order chi connectivity index (χ0) is 12.6. The number of Topliss-reactive ketones (excluding diaryl/α,β-unsaturated/α-hetero) is 1. The molecule has 17 heavy (non-hydrogen) atoms. The van der Waals surface area contributed by atoms with Crippen LogP contribution in [0.3, 0.4) is 0 Å². The predicted molar refractivity (Wildman–Crippen MR) is 61.9 cm³/mol. The first-order valence-electron chi connectivity index (χ1n) is 5.14. The molecule has 1 aliphatic rings. The van der Waals surface area contributed by atoms with Gasteiger partial charge in [0, 0.05) is 31.3 Å². The fourth-order valence-corrected chi connectivity index (χ4v) is 1.72. The number of allylic oxidation sites excluding steroid dienone is 1. The third-order valence-electron chi connectivity index (χ3n) is 2.59. The molecule has 2 rings (SSSR count). The molecule has 0 saturated heterocycles. The Hall–Kier alpha value is -2.23. The summed E-state index contributed by atoms with van der Waals surface area (Å²) in [6.07, 6.45) is 1.12. The van der Waals surface area contributed by atoms with Gasteiger partial charge in [0.15, 0.2) is 11.6 Å². The molecule has 0 bridgehead atoms. The Morgan fingerprint density at radius 3 is 2.24 bits per heavy atom. The van der Waals surface area contributed by atoms with Crippen molar-refractivity contribution in [2.75, 3.05) is 14.1 Å². The van der Waals surface area contributed by atoms with E-state index in [1.807, 2.05) is 0 Å². The molecule has 0 atom stereocenters. The fourth-order valence-electron chi connectivity index (χ4n) is 1.72. The summed E-state index contributed by atoms with van der Waals surface area (Å²) in [4.78, 5) is 36.8. The van der Waals surface area contributed by atoms with Gasteiger partial charge in [-0.2, -0.15) is 0 Å². The highest BCUT2D eigenvalue weighted by atomic mass is 16.2. The van der Waals surface area contributed by atoms with E-state index in [0.29, 0.717) is 11.1 Å². The van der Waals surface area contributed by atoms with Crippen LogP contribution in [-0.4, -0.2) is 36.5 Å². The molecule has 0 saturated carbocycles. The van der Waals surface area contributed by atoms with Crippen molar-refractivity contribution >= 4 is 17.5 Å². The number of nitrogens with zero attached hydrogens (tertiary/aromatic N) is 1. The van der Waals surface area contributed by atoms with Crippen molar-refractivity contribution in [1.29, 1.82) is 0 Å². The molecular weight excluding hydrogens is 218 g/mol. The average Bonchev–Trinajstić information content (AvgIpc) is 2.33. The van der Waals surface area contributed by atoms with Gasteiger partial charge < -0.3 is 4.90 Å². The predicted octanol–water partition coefficient (Wildman–Crippen LogP) is 1.08. The Kier molecular flexibility index (Phi) is 2.63. The lowest BCUT2D eigenvalue weighted by molar-refractivity contribution is -0.124. The summed E-state index contributed by atoms with van der Waals surface area (Å²) < 4.78 is 0. The van der Waals surface area contributed by atoms with Crippen LogP contribution in [0.4, 0.5) is 0 Å². The van der Waals surface area contributed by atoms with Gasteiger partial charge in [-0.25, -0.2) is 0 Å². The zero-order valence-corrected chi connectivity index (χ0v) is 9.56. The molecular formula is C13H11NO3. The number of rotatable bonds is 1. The Labute approximate surface area is 98.5 Å². The van der Waals surface area contributed by atoms with Crippen molar-refractivity contribution < 1.29 is 14.4 Å². The number of fused-ring (bicyclic) bond motifs is 1. The largest absolute Gasteiger partial charge is 0.345 e. The highest BCUT2D eigenvalue weighted by Gasteiger charge is 2.29. The molecule has 0 radical (unpaired) electrons. The van der Waals surface area contributed by atoms with E-state index in [2.05, 4.69) is 0 Å². The molecule has 0 unspecified atom stereocenters. The molecule has 0 aromatic heterocycles. The van der Waals surface area contributed by atoms with Gasteiger partial charge in [0.2, 0.25) is 0 Å². The lowest BCUT2D eigenvalue weighted by atomic mass is 9.89. The smallest absolute Gasteiger partial charge is 0.257 e. The minimum absolute atomic E-state index is 0.0706. The number of carbonyl (C=O) groups is 3. The summed E-state index contributed by atoms with van der Waals surface area (Å²) in [5.41, 5.74) is 0.580. The fraction of sp³-hybridized carbons (Fsp3) is 0.154. The third-order valence-corrected chi connectivity index (χ3v) is 2.59. The van der Waals surface area contributed by atoms with Gasteiger partial charge in [0.05, 0.1) is 5.57 Å². The number of hydrogen-bond acceptors (Lipinski definition) is 3. The van der Waals surface area contributed by atoms with Crippen LogP contribution in [0.2, 0.25) is 0 Å². The minimum atomic E-state index is -0.446. The van der Waals surface area contributed by atoms with E-state index in [4.69, 9.17) is 0 Å². The van der Waals surface area contributed by atoms with Crippen molar-refractivity contribution in [3.05, 3.63) is 47.0 Å². The molecule has 0 spiro atoms. The summed E-state index contributed by atoms with van der Waals surface area (Å²) in [7, 11) is 3.09. The number of ketones is 2. The van der Waals surface area contributed by atoms with Crippen molar-refractivity contribution in [1.82, 2.24) is 4.90 Å². The van der Waals surface area contributed by atoms with E-state index < -0.39 is 5.91 Å². The van der Waals surface area contributed by atoms with Gasteiger partial charge in [-0.3, -0.25) is 14.4 Å². The second kappa shape index (κ2) is 3.97. The van der Waals surface area contributed by atoms with E-state index >= 15 is 0 Å². The SMILES string of the molecule is CN(C)C(=O)C1=CC(=O)c2ccccc2C1=O. The molecule has 4 heteroatoms. The van der Waals surface area contributed by atoms with Crippen LogP contribution in [0.25, 0.3) is 0 Å². The molecule has 1 amide bonds. The monoisotopic (exact) mass is 229 g/mol. The number of benzene rings is 1. The maximum absolute atomic E-state index is 12.0. The summed E-state index contributed by atoms with van der Waals surface area (Å²) in [6.45, 7) is 0. The summed E-state index contributed by atoms with van der Waals surface area (Å²) in [6, 6.07) is 6.51. The number of carbonyl (C=O) groups excluding carboxylic acids is 3. The number of hydrogen-bond donors (Lipinski definition) is 0. The minimum Gasteiger partial charge on any atom is -0.345 e. The molecule has 4 nitrogen and oxygen atoms in total. The Morgan fingerprint density at radius 1 is 1.06 bits per heavy atom. The highest BCUT2D eigenvalue weighted by Crippen LogP contribution is 2.21. The zero-order valence-electron chi connectivity index (χ0n) is 9.56. The maximum Gasteiger partial charge on any atom is 0.257 e. The maximum atomic E-state index is 12.0. The molecule has 86 valence electrons. The molecule has 0 N–H and O–H groups in total. The van der Waals surface area contributed by atoms with Gasteiger partial charge in [-0.1, -0.05) is 24.3 Å². The molecule has 1 aromatic rings. The van der Waals surface area contributed by atoms with Crippen LogP contribution in [0.1, 0.15) is 20.7 Å². The number of amides is 1. The molecule has 0 heterocycles. The van der Waals surface area contributed by atoms with E-state index in [9.17, 15) is 14.4 Å². The second-order valence-electron chi connectivity index (χ2n) is 4.00. The summed E-state index contributed by atoms with van der Waals surface area (Å²) >= 11 is 0. The van der Waals surface area contributed by atoms with E-state index in [-0.39, 0.29) is 17.1 Å². The number of likely N-dealkylation sites (N-methyl/N-ethyl adjacent to an activating group) is 1. The van der Waals surface area contributed by atoms with Gasteiger partial charge in [0.25, 0.3) is 5.91 Å². The molecule has 0 aliphatic heterocycles. The van der Waals surface area contributed by atoms with Gasteiger partial charge >= 0.3 is 0 Å². The first-order chi connectivity index (χ1) is 8.02. The molecule has 1 aromatic carbocycles. The Bertz CT molecular complexity index is 556. The normalized spacial score (nSPS) is 14.1. The van der Waals surface area contributed by atoms with E-state index in [1.54, 1.807) is 38.4 Å². The van der Waals surface area contributed by atoms with E-state index in [1.165, 1.54) is 4.90 Å². The second-order valence-corrected chi connectivity index (χ2v) is 4.00. The van der Waals surface area contributed by atoms with Gasteiger partial charge in [0.1, 0.15) is 0 Å². The molecule has 1 aliphatic carbocycles. The quantitative estimate of drug-likeness (QED) is 0.677. The van der Waals surface area contributed by atoms with E-state index in [0.717, 1.165) is 6.08 Å². The van der Waals surface area contributed by atoms with Crippen LogP contribution >= 0.6 is 0 Å². The molecule has 0 fully saturated rings. The lowest BCUT2D eigenvalue weighted by Crippen LogP contribution is -2.30. The van der Waals surface area contributed by atoms with Crippen LogP contribution in [0.15, 0.2) is 35.9 Å². The Balaban J connectivity index is 2.53. The van der Waals surface area contributed by atoms with Crippen molar-refractivity contribution in [2.24, 2.45) is 0 Å². The average molecular weight is 229 g/mol. The van der Waals surface area contributed by atoms with Crippen LogP contribution in [0, 0.1) is 0 Å². The standard InChI is InChI=1S/C13H11NO3/c1-14(2)13(17)10-7-11(15)8-5-3-4-6-9(8)12(10)16/h3-7H,1-2H3. The van der Waals surface area contributed by atoms with Crippen LogP contribution < -0.4 is 0 Å². The van der Waals surface area contributed by atoms with Gasteiger partial charge in [-0.05, 0) is 0 Å². The van der Waals surface area contributed by atoms with Gasteiger partial charge in [-0.15, -0.1) is 0 Å². The van der Waals surface area contributed by atoms with Crippen molar-refractivity contribution in [3.63, 3.8) is 0 Å². The van der Waals surface area contributed by atoms with Crippen LogP contribution in [0.5, 0.6) is 0 Å². The summed E-state index contributed by atoms with van der Waals surface area (Å²) in [5.74, 6) is -1.14.